The normalized spacial score (nSPS) is 26.2. The van der Waals surface area contributed by atoms with Crippen molar-refractivity contribution in [3.63, 3.8) is 0 Å². The van der Waals surface area contributed by atoms with Gasteiger partial charge in [0, 0.05) is 24.6 Å². The van der Waals surface area contributed by atoms with Crippen molar-refractivity contribution in [3.05, 3.63) is 34.9 Å². The molecule has 0 bridgehead atoms. The number of carbonyl (C=O) groups is 2. The maximum atomic E-state index is 14.5. The molecule has 4 nitrogen and oxygen atoms in total. The van der Waals surface area contributed by atoms with Gasteiger partial charge >= 0.3 is 24.0 Å². The number of hydrogen-bond donors (Lipinski definition) is 1. The summed E-state index contributed by atoms with van der Waals surface area (Å²) in [7, 11) is 0. The van der Waals surface area contributed by atoms with Crippen molar-refractivity contribution >= 4 is 11.9 Å². The molecule has 2 fully saturated rings. The van der Waals surface area contributed by atoms with Crippen molar-refractivity contribution in [2.75, 3.05) is 13.1 Å². The van der Waals surface area contributed by atoms with E-state index in [2.05, 4.69) is 0 Å². The van der Waals surface area contributed by atoms with Crippen LogP contribution < -0.4 is 0 Å². The Kier molecular flexibility index (Phi) is 6.13. The van der Waals surface area contributed by atoms with E-state index in [9.17, 15) is 40.3 Å². The van der Waals surface area contributed by atoms with Crippen molar-refractivity contribution in [2.45, 2.75) is 62.5 Å². The van der Waals surface area contributed by atoms with Crippen LogP contribution in [0.15, 0.2) is 18.2 Å². The van der Waals surface area contributed by atoms with Crippen LogP contribution in [0, 0.1) is 17.8 Å². The second-order valence-corrected chi connectivity index (χ2v) is 9.50. The number of amides is 1. The number of rotatable bonds is 3. The highest BCUT2D eigenvalue weighted by molar-refractivity contribution is 5.80. The summed E-state index contributed by atoms with van der Waals surface area (Å²) in [6, 6.07) is 2.39. The molecule has 1 saturated heterocycles. The van der Waals surface area contributed by atoms with Crippen LogP contribution in [0.3, 0.4) is 0 Å². The first-order valence-corrected chi connectivity index (χ1v) is 11.2. The summed E-state index contributed by atoms with van der Waals surface area (Å²) in [5.74, 6) is -2.08. The largest absolute Gasteiger partial charge is 0.481 e. The zero-order valence-corrected chi connectivity index (χ0v) is 18.1. The van der Waals surface area contributed by atoms with Crippen molar-refractivity contribution in [1.29, 1.82) is 0 Å². The fraction of sp³-hybridized carbons (Fsp3) is 0.652. The highest BCUT2D eigenvalue weighted by atomic mass is 19.4. The molecule has 1 aromatic carbocycles. The number of carboxylic acid groups (broad SMARTS) is 1. The molecule has 0 radical (unpaired) electrons. The molecule has 3 aliphatic rings. The maximum absolute atomic E-state index is 14.5. The number of likely N-dealkylation sites (tertiary alicyclic amines) is 1. The molecule has 2 aliphatic carbocycles. The fourth-order valence-corrected chi connectivity index (χ4v) is 5.95. The van der Waals surface area contributed by atoms with Gasteiger partial charge in [-0.05, 0) is 61.5 Å². The molecule has 34 heavy (non-hydrogen) atoms. The van der Waals surface area contributed by atoms with Gasteiger partial charge < -0.3 is 10.0 Å². The van der Waals surface area contributed by atoms with E-state index in [1.165, 1.54) is 0 Å². The molecule has 4 rings (SSSR count). The SMILES string of the molecule is O=C(O)C1CCN(C(=O)[C@@H]2CCC3c4ccc(C(F)(C(F)(F)F)C(F)(F)F)cc4CC[C@H]32)CC1. The van der Waals surface area contributed by atoms with E-state index in [1.807, 2.05) is 0 Å². The van der Waals surface area contributed by atoms with Gasteiger partial charge in [-0.3, -0.25) is 9.59 Å². The highest BCUT2D eigenvalue weighted by Gasteiger charge is 2.73. The third-order valence-electron chi connectivity index (χ3n) is 7.76. The molecule has 0 aromatic heterocycles. The Bertz CT molecular complexity index is 952. The quantitative estimate of drug-likeness (QED) is 0.575. The second-order valence-electron chi connectivity index (χ2n) is 9.50. The van der Waals surface area contributed by atoms with Gasteiger partial charge in [0.15, 0.2) is 0 Å². The van der Waals surface area contributed by atoms with Crippen molar-refractivity contribution < 1.29 is 45.4 Å². The Balaban J connectivity index is 1.54. The maximum Gasteiger partial charge on any atom is 0.435 e. The molecular weight excluding hydrogens is 471 g/mol. The van der Waals surface area contributed by atoms with Crippen molar-refractivity contribution in [1.82, 2.24) is 4.90 Å². The summed E-state index contributed by atoms with van der Waals surface area (Å²) in [5, 5.41) is 9.13. The predicted octanol–water partition coefficient (Wildman–Crippen LogP) is 5.36. The van der Waals surface area contributed by atoms with Crippen LogP contribution in [0.2, 0.25) is 0 Å². The van der Waals surface area contributed by atoms with Gasteiger partial charge in [-0.2, -0.15) is 26.3 Å². The fourth-order valence-electron chi connectivity index (χ4n) is 5.95. The Hall–Kier alpha value is -2.33. The van der Waals surface area contributed by atoms with Crippen LogP contribution in [0.1, 0.15) is 54.7 Å². The van der Waals surface area contributed by atoms with Gasteiger partial charge in [0.25, 0.3) is 0 Å². The molecule has 0 spiro atoms. The number of halogens is 7. The summed E-state index contributed by atoms with van der Waals surface area (Å²) < 4.78 is 93.4. The van der Waals surface area contributed by atoms with E-state index in [-0.39, 0.29) is 35.6 Å². The summed E-state index contributed by atoms with van der Waals surface area (Å²) in [6.07, 6.45) is -9.93. The molecule has 1 unspecified atom stereocenters. The second kappa shape index (κ2) is 8.41. The summed E-state index contributed by atoms with van der Waals surface area (Å²) >= 11 is 0. The lowest BCUT2D eigenvalue weighted by molar-refractivity contribution is -0.348. The number of fused-ring (bicyclic) bond motifs is 3. The van der Waals surface area contributed by atoms with Crippen LogP contribution in [0.25, 0.3) is 0 Å². The highest BCUT2D eigenvalue weighted by Crippen LogP contribution is 2.55. The lowest BCUT2D eigenvalue weighted by Gasteiger charge is -2.36. The van der Waals surface area contributed by atoms with E-state index in [4.69, 9.17) is 5.11 Å². The molecule has 1 N–H and O–H groups in total. The zero-order chi connectivity index (χ0) is 25.1. The number of aryl methyl sites for hydroxylation is 1. The number of alkyl halides is 7. The van der Waals surface area contributed by atoms with Crippen LogP contribution >= 0.6 is 0 Å². The van der Waals surface area contributed by atoms with Gasteiger partial charge in [-0.1, -0.05) is 18.2 Å². The molecule has 1 heterocycles. The monoisotopic (exact) mass is 495 g/mol. The lowest BCUT2D eigenvalue weighted by Crippen LogP contribution is -2.50. The van der Waals surface area contributed by atoms with Gasteiger partial charge in [-0.25, -0.2) is 4.39 Å². The van der Waals surface area contributed by atoms with E-state index >= 15 is 0 Å². The minimum absolute atomic E-state index is 0.0756. The van der Waals surface area contributed by atoms with Crippen LogP contribution in [-0.4, -0.2) is 47.3 Å². The average molecular weight is 495 g/mol. The Labute approximate surface area is 191 Å². The van der Waals surface area contributed by atoms with Gasteiger partial charge in [0.05, 0.1) is 5.92 Å². The minimum Gasteiger partial charge on any atom is -0.481 e. The first-order valence-electron chi connectivity index (χ1n) is 11.2. The van der Waals surface area contributed by atoms with Crippen LogP contribution in [-0.2, 0) is 21.7 Å². The van der Waals surface area contributed by atoms with Gasteiger partial charge in [0.2, 0.25) is 5.91 Å². The number of aliphatic carboxylic acids is 1. The van der Waals surface area contributed by atoms with Gasteiger partial charge in [0.1, 0.15) is 0 Å². The molecule has 1 amide bonds. The Morgan fingerprint density at radius 1 is 0.882 bits per heavy atom. The first-order chi connectivity index (χ1) is 15.8. The van der Waals surface area contributed by atoms with Crippen molar-refractivity contribution in [3.8, 4) is 0 Å². The van der Waals surface area contributed by atoms with Crippen LogP contribution in [0.4, 0.5) is 30.7 Å². The minimum atomic E-state index is -6.16. The number of benzene rings is 1. The molecule has 1 saturated carbocycles. The molecule has 11 heteroatoms. The molecular formula is C23H24F7NO3. The molecule has 3 atom stereocenters. The topological polar surface area (TPSA) is 57.6 Å². The molecule has 188 valence electrons. The number of piperidine rings is 1. The van der Waals surface area contributed by atoms with E-state index < -0.39 is 35.5 Å². The van der Waals surface area contributed by atoms with E-state index in [0.717, 1.165) is 6.07 Å². The Morgan fingerprint density at radius 2 is 1.50 bits per heavy atom. The predicted molar refractivity (Wildman–Crippen MR) is 106 cm³/mol. The third-order valence-corrected chi connectivity index (χ3v) is 7.76. The smallest absolute Gasteiger partial charge is 0.435 e. The average Bonchev–Trinajstić information content (AvgIpc) is 3.20. The summed E-state index contributed by atoms with van der Waals surface area (Å²) in [6.45, 7) is 0.689. The summed E-state index contributed by atoms with van der Waals surface area (Å²) in [4.78, 5) is 25.9. The number of hydrogen-bond acceptors (Lipinski definition) is 2. The number of carbonyl (C=O) groups excluding carboxylic acids is 1. The van der Waals surface area contributed by atoms with Crippen LogP contribution in [0.5, 0.6) is 0 Å². The standard InChI is InChI=1S/C23H24F7NO3/c24-21(22(25,26)27,23(28,29)30)14-2-4-15-13(11-14)1-3-17-16(15)5-6-18(17)19(32)31-9-7-12(8-10-31)20(33)34/h2,4,11-12,16-18H,1,3,5-10H2,(H,33,34)/t16?,17-,18-/m1/s1. The van der Waals surface area contributed by atoms with Gasteiger partial charge in [-0.15, -0.1) is 0 Å². The lowest BCUT2D eigenvalue weighted by atomic mass is 9.73. The Morgan fingerprint density at radius 3 is 2.06 bits per heavy atom. The van der Waals surface area contributed by atoms with Crippen molar-refractivity contribution in [2.24, 2.45) is 17.8 Å². The number of nitrogens with zero attached hydrogens (tertiary/aromatic N) is 1. The summed E-state index contributed by atoms with van der Waals surface area (Å²) in [5.41, 5.74) is -6.10. The third kappa shape index (κ3) is 3.94. The van der Waals surface area contributed by atoms with E-state index in [0.29, 0.717) is 62.9 Å². The number of carboxylic acids is 1. The zero-order valence-electron chi connectivity index (χ0n) is 18.1. The molecule has 1 aliphatic heterocycles. The first kappa shape index (κ1) is 24.8. The van der Waals surface area contributed by atoms with E-state index in [1.54, 1.807) is 4.90 Å². The molecule has 1 aromatic rings.